The van der Waals surface area contributed by atoms with Crippen LogP contribution in [0, 0.1) is 0 Å². The van der Waals surface area contributed by atoms with Crippen molar-refractivity contribution in [3.63, 3.8) is 0 Å². The molecule has 0 saturated heterocycles. The molecule has 7 heteroatoms. The van der Waals surface area contributed by atoms with Crippen LogP contribution in [0.4, 0.5) is 11.4 Å². The average molecular weight is 364 g/mol. The molecule has 0 radical (unpaired) electrons. The van der Waals surface area contributed by atoms with Crippen molar-refractivity contribution in [1.29, 1.82) is 0 Å². The highest BCUT2D eigenvalue weighted by molar-refractivity contribution is 5.87. The summed E-state index contributed by atoms with van der Waals surface area (Å²) in [4.78, 5) is 24.0. The third-order valence-corrected chi connectivity index (χ3v) is 3.85. The van der Waals surface area contributed by atoms with Gasteiger partial charge in [-0.25, -0.2) is 4.68 Å². The van der Waals surface area contributed by atoms with Gasteiger partial charge >= 0.3 is 0 Å². The number of carbonyl (C=O) groups excluding carboxylic acids is 1. The molecule has 1 aromatic heterocycles. The van der Waals surface area contributed by atoms with Gasteiger partial charge in [0.1, 0.15) is 0 Å². The number of hydrogen-bond donors (Lipinski definition) is 1. The third-order valence-electron chi connectivity index (χ3n) is 3.85. The largest absolute Gasteiger partial charge is 0.545 e. The van der Waals surface area contributed by atoms with Crippen molar-refractivity contribution in [1.82, 2.24) is 9.78 Å². The average Bonchev–Trinajstić information content (AvgIpc) is 2.68. The number of aromatic carboxylic acids is 1. The van der Waals surface area contributed by atoms with Crippen LogP contribution in [0.25, 0.3) is 0 Å². The standard InChI is InChI=1S/C20H19N3O4/c1-2-27-17-12-21-23(13-14-7-4-3-5-8-14)19(24)18(17)22-16-10-6-9-15(11-16)20(25)26/h3-12,22H,2,13H2,1H3,(H,25,26)/p-1. The minimum Gasteiger partial charge on any atom is -0.545 e. The topological polar surface area (TPSA) is 96.3 Å². The number of nitrogens with one attached hydrogen (secondary N) is 1. The Morgan fingerprint density at radius 2 is 1.96 bits per heavy atom. The van der Waals surface area contributed by atoms with E-state index >= 15 is 0 Å². The summed E-state index contributed by atoms with van der Waals surface area (Å²) >= 11 is 0. The molecule has 1 N–H and O–H groups in total. The van der Waals surface area contributed by atoms with E-state index in [4.69, 9.17) is 4.74 Å². The summed E-state index contributed by atoms with van der Waals surface area (Å²) in [6.07, 6.45) is 1.47. The Bertz CT molecular complexity index is 1000. The van der Waals surface area contributed by atoms with Gasteiger partial charge in [0.25, 0.3) is 5.56 Å². The minimum absolute atomic E-state index is 0.0108. The van der Waals surface area contributed by atoms with E-state index in [0.717, 1.165) is 5.56 Å². The van der Waals surface area contributed by atoms with Crippen molar-refractivity contribution in [2.24, 2.45) is 0 Å². The number of benzene rings is 2. The zero-order valence-corrected chi connectivity index (χ0v) is 14.7. The highest BCUT2D eigenvalue weighted by atomic mass is 16.5. The van der Waals surface area contributed by atoms with Crippen LogP contribution in [0.15, 0.2) is 65.6 Å². The SMILES string of the molecule is CCOc1cnn(Cc2ccccc2)c(=O)c1Nc1cccc(C(=O)[O-])c1. The second-order valence-corrected chi connectivity index (χ2v) is 5.76. The lowest BCUT2D eigenvalue weighted by molar-refractivity contribution is -0.255. The number of carboxylic acid groups (broad SMARTS) is 1. The molecule has 0 bridgehead atoms. The summed E-state index contributed by atoms with van der Waals surface area (Å²) in [5.41, 5.74) is 1.20. The first kappa shape index (κ1) is 18.2. The van der Waals surface area contributed by atoms with Crippen LogP contribution in [0.1, 0.15) is 22.8 Å². The first-order valence-corrected chi connectivity index (χ1v) is 8.43. The van der Waals surface area contributed by atoms with E-state index in [1.165, 1.54) is 23.0 Å². The molecule has 0 fully saturated rings. The zero-order chi connectivity index (χ0) is 19.2. The molecule has 7 nitrogen and oxygen atoms in total. The number of aromatic nitrogens is 2. The molecule has 2 aromatic carbocycles. The van der Waals surface area contributed by atoms with Gasteiger partial charge in [0.15, 0.2) is 11.4 Å². The third kappa shape index (κ3) is 4.33. The molecular formula is C20H18N3O4-. The van der Waals surface area contributed by atoms with Gasteiger partial charge < -0.3 is 20.0 Å². The summed E-state index contributed by atoms with van der Waals surface area (Å²) in [6, 6.07) is 15.5. The van der Waals surface area contributed by atoms with Gasteiger partial charge in [-0.05, 0) is 30.2 Å². The van der Waals surface area contributed by atoms with Crippen molar-refractivity contribution in [2.45, 2.75) is 13.5 Å². The first-order valence-electron chi connectivity index (χ1n) is 8.43. The molecule has 0 aliphatic rings. The van der Waals surface area contributed by atoms with E-state index < -0.39 is 5.97 Å². The van der Waals surface area contributed by atoms with Crippen molar-refractivity contribution < 1.29 is 14.6 Å². The number of hydrogen-bond acceptors (Lipinski definition) is 6. The number of nitrogens with zero attached hydrogens (tertiary/aromatic N) is 2. The number of ether oxygens (including phenoxy) is 1. The van der Waals surface area contributed by atoms with Crippen LogP contribution in [-0.4, -0.2) is 22.4 Å². The lowest BCUT2D eigenvalue weighted by Crippen LogP contribution is -2.26. The van der Waals surface area contributed by atoms with Crippen LogP contribution >= 0.6 is 0 Å². The zero-order valence-electron chi connectivity index (χ0n) is 14.7. The van der Waals surface area contributed by atoms with E-state index in [0.29, 0.717) is 24.6 Å². The predicted octanol–water partition coefficient (Wildman–Crippen LogP) is 1.80. The van der Waals surface area contributed by atoms with E-state index in [9.17, 15) is 14.7 Å². The van der Waals surface area contributed by atoms with Gasteiger partial charge in [0.05, 0.1) is 25.3 Å². The number of carboxylic acids is 1. The molecule has 3 aromatic rings. The maximum atomic E-state index is 12.9. The summed E-state index contributed by atoms with van der Waals surface area (Å²) in [6.45, 7) is 2.47. The second kappa shape index (κ2) is 8.18. The van der Waals surface area contributed by atoms with Crippen molar-refractivity contribution in [3.8, 4) is 5.75 Å². The van der Waals surface area contributed by atoms with Crippen LogP contribution < -0.4 is 20.7 Å². The summed E-state index contributed by atoms with van der Waals surface area (Å²) in [7, 11) is 0. The van der Waals surface area contributed by atoms with Crippen LogP contribution in [0.3, 0.4) is 0 Å². The van der Waals surface area contributed by atoms with E-state index in [2.05, 4.69) is 10.4 Å². The molecule has 0 amide bonds. The summed E-state index contributed by atoms with van der Waals surface area (Å²) < 4.78 is 6.83. The molecule has 0 saturated carbocycles. The smallest absolute Gasteiger partial charge is 0.294 e. The first-order chi connectivity index (χ1) is 13.1. The molecule has 138 valence electrons. The minimum atomic E-state index is -1.29. The quantitative estimate of drug-likeness (QED) is 0.687. The Balaban J connectivity index is 1.99. The lowest BCUT2D eigenvalue weighted by atomic mass is 10.2. The van der Waals surface area contributed by atoms with Crippen LogP contribution in [-0.2, 0) is 6.54 Å². The summed E-state index contributed by atoms with van der Waals surface area (Å²) in [5.74, 6) is -0.995. The van der Waals surface area contributed by atoms with Crippen LogP contribution in [0.2, 0.25) is 0 Å². The number of rotatable bonds is 7. The molecule has 0 atom stereocenters. The molecule has 3 rings (SSSR count). The Kier molecular flexibility index (Phi) is 5.51. The second-order valence-electron chi connectivity index (χ2n) is 5.76. The Morgan fingerprint density at radius 1 is 1.19 bits per heavy atom. The van der Waals surface area contributed by atoms with Gasteiger partial charge in [-0.2, -0.15) is 5.10 Å². The monoisotopic (exact) mass is 364 g/mol. The fraction of sp³-hybridized carbons (Fsp3) is 0.150. The molecule has 0 aliphatic heterocycles. The van der Waals surface area contributed by atoms with Gasteiger partial charge in [0, 0.05) is 5.69 Å². The Morgan fingerprint density at radius 3 is 2.67 bits per heavy atom. The highest BCUT2D eigenvalue weighted by Crippen LogP contribution is 2.24. The summed E-state index contributed by atoms with van der Waals surface area (Å²) in [5, 5.41) is 18.2. The molecule has 27 heavy (non-hydrogen) atoms. The molecule has 0 unspecified atom stereocenters. The lowest BCUT2D eigenvalue weighted by Gasteiger charge is -2.14. The van der Waals surface area contributed by atoms with Crippen LogP contribution in [0.5, 0.6) is 5.75 Å². The highest BCUT2D eigenvalue weighted by Gasteiger charge is 2.13. The number of carbonyl (C=O) groups is 1. The van der Waals surface area contributed by atoms with Crippen molar-refractivity contribution in [2.75, 3.05) is 11.9 Å². The molecule has 1 heterocycles. The maximum Gasteiger partial charge on any atom is 0.294 e. The predicted molar refractivity (Wildman–Crippen MR) is 99.3 cm³/mol. The molecule has 0 spiro atoms. The van der Waals surface area contributed by atoms with Crippen molar-refractivity contribution >= 4 is 17.3 Å². The van der Waals surface area contributed by atoms with Gasteiger partial charge in [0.2, 0.25) is 0 Å². The van der Waals surface area contributed by atoms with Crippen molar-refractivity contribution in [3.05, 3.63) is 82.3 Å². The van der Waals surface area contributed by atoms with Gasteiger partial charge in [-0.1, -0.05) is 42.5 Å². The van der Waals surface area contributed by atoms with E-state index in [1.54, 1.807) is 19.1 Å². The van der Waals surface area contributed by atoms with E-state index in [1.807, 2.05) is 30.3 Å². The Hall–Kier alpha value is -3.61. The normalized spacial score (nSPS) is 10.4. The fourth-order valence-electron chi connectivity index (χ4n) is 2.59. The fourth-order valence-corrected chi connectivity index (χ4v) is 2.59. The van der Waals surface area contributed by atoms with Gasteiger partial charge in [-0.15, -0.1) is 0 Å². The van der Waals surface area contributed by atoms with E-state index in [-0.39, 0.29) is 16.8 Å². The molecular weight excluding hydrogens is 346 g/mol. The number of anilines is 2. The van der Waals surface area contributed by atoms with Gasteiger partial charge in [-0.3, -0.25) is 4.79 Å². The molecule has 0 aliphatic carbocycles. The maximum absolute atomic E-state index is 12.9. The Labute approximate surface area is 155 Å².